The van der Waals surface area contributed by atoms with Crippen LogP contribution in [-0.4, -0.2) is 51.3 Å². The monoisotopic (exact) mass is 272 g/mol. The van der Waals surface area contributed by atoms with Crippen molar-refractivity contribution in [1.29, 1.82) is 0 Å². The Morgan fingerprint density at radius 1 is 1.25 bits per heavy atom. The Morgan fingerprint density at radius 3 is 2.60 bits per heavy atom. The normalized spacial score (nSPS) is 22.4. The van der Waals surface area contributed by atoms with Crippen molar-refractivity contribution in [3.63, 3.8) is 0 Å². The van der Waals surface area contributed by atoms with Gasteiger partial charge in [0.15, 0.2) is 0 Å². The highest BCUT2D eigenvalue weighted by molar-refractivity contribution is 6.06. The van der Waals surface area contributed by atoms with E-state index in [4.69, 9.17) is 0 Å². The third-order valence-electron chi connectivity index (χ3n) is 3.62. The zero-order valence-corrected chi connectivity index (χ0v) is 11.2. The molecule has 1 amide bonds. The van der Waals surface area contributed by atoms with Gasteiger partial charge in [-0.1, -0.05) is 18.2 Å². The Bertz CT molecular complexity index is 661. The zero-order chi connectivity index (χ0) is 14.3. The van der Waals surface area contributed by atoms with Crippen molar-refractivity contribution >= 4 is 16.8 Å². The molecule has 1 aliphatic heterocycles. The molecule has 104 valence electrons. The Balaban J connectivity index is 2.04. The van der Waals surface area contributed by atoms with E-state index >= 15 is 0 Å². The number of aliphatic hydroxyl groups is 2. The van der Waals surface area contributed by atoms with Crippen LogP contribution in [0, 0.1) is 6.92 Å². The van der Waals surface area contributed by atoms with Gasteiger partial charge in [-0.3, -0.25) is 9.78 Å². The maximum Gasteiger partial charge on any atom is 0.254 e. The van der Waals surface area contributed by atoms with Crippen LogP contribution < -0.4 is 0 Å². The van der Waals surface area contributed by atoms with Gasteiger partial charge in [-0.05, 0) is 19.1 Å². The fraction of sp³-hybridized carbons (Fsp3) is 0.333. The summed E-state index contributed by atoms with van der Waals surface area (Å²) < 4.78 is 0. The second kappa shape index (κ2) is 4.85. The lowest BCUT2D eigenvalue weighted by atomic mass is 10.1. The fourth-order valence-corrected chi connectivity index (χ4v) is 2.59. The number of carbonyl (C=O) groups excluding carboxylic acids is 1. The first kappa shape index (κ1) is 13.0. The number of likely N-dealkylation sites (tertiary alicyclic amines) is 1. The summed E-state index contributed by atoms with van der Waals surface area (Å²) >= 11 is 0. The molecule has 1 aromatic heterocycles. The number of nitrogens with zero attached hydrogens (tertiary/aromatic N) is 2. The van der Waals surface area contributed by atoms with Crippen LogP contribution in [0.25, 0.3) is 10.9 Å². The topological polar surface area (TPSA) is 73.7 Å². The molecule has 2 heterocycles. The minimum atomic E-state index is -0.867. The van der Waals surface area contributed by atoms with Gasteiger partial charge in [-0.15, -0.1) is 0 Å². The SMILES string of the molecule is Cc1cc(C(=O)N2CC(O)C(O)C2)c2ccccc2n1. The largest absolute Gasteiger partial charge is 0.388 e. The first-order valence-corrected chi connectivity index (χ1v) is 6.58. The number of para-hydroxylation sites is 1. The van der Waals surface area contributed by atoms with E-state index in [9.17, 15) is 15.0 Å². The molecule has 1 saturated heterocycles. The summed E-state index contributed by atoms with van der Waals surface area (Å²) in [4.78, 5) is 18.5. The number of aromatic nitrogens is 1. The number of hydrogen-bond donors (Lipinski definition) is 2. The molecular formula is C15H16N2O3. The van der Waals surface area contributed by atoms with E-state index in [2.05, 4.69) is 4.98 Å². The number of hydrogen-bond acceptors (Lipinski definition) is 4. The summed E-state index contributed by atoms with van der Waals surface area (Å²) in [5.41, 5.74) is 2.11. The highest BCUT2D eigenvalue weighted by Crippen LogP contribution is 2.22. The van der Waals surface area contributed by atoms with Crippen LogP contribution in [-0.2, 0) is 0 Å². The second-order valence-electron chi connectivity index (χ2n) is 5.17. The number of amides is 1. The quantitative estimate of drug-likeness (QED) is 0.802. The number of β-amino-alcohol motifs (C(OH)–C–C–N with tert-alkyl or cyclic N) is 2. The molecule has 0 spiro atoms. The molecule has 0 radical (unpaired) electrons. The molecule has 0 saturated carbocycles. The van der Waals surface area contributed by atoms with Gasteiger partial charge in [0, 0.05) is 24.2 Å². The van der Waals surface area contributed by atoms with E-state index in [1.54, 1.807) is 6.07 Å². The van der Waals surface area contributed by atoms with Crippen molar-refractivity contribution in [1.82, 2.24) is 9.88 Å². The molecule has 0 bridgehead atoms. The lowest BCUT2D eigenvalue weighted by molar-refractivity contribution is 0.0572. The molecule has 1 aromatic carbocycles. The molecule has 1 aliphatic rings. The molecule has 2 aromatic rings. The van der Waals surface area contributed by atoms with Gasteiger partial charge >= 0.3 is 0 Å². The van der Waals surface area contributed by atoms with Crippen molar-refractivity contribution in [3.05, 3.63) is 41.6 Å². The smallest absolute Gasteiger partial charge is 0.254 e. The number of rotatable bonds is 1. The van der Waals surface area contributed by atoms with Crippen LogP contribution in [0.5, 0.6) is 0 Å². The number of aryl methyl sites for hydroxylation is 1. The Morgan fingerprint density at radius 2 is 1.90 bits per heavy atom. The Hall–Kier alpha value is -1.98. The van der Waals surface area contributed by atoms with Gasteiger partial charge in [0.1, 0.15) is 0 Å². The molecular weight excluding hydrogens is 256 g/mol. The molecule has 20 heavy (non-hydrogen) atoms. The summed E-state index contributed by atoms with van der Waals surface area (Å²) in [6.45, 7) is 2.17. The standard InChI is InChI=1S/C15H16N2O3/c1-9-6-11(10-4-2-3-5-12(10)16-9)15(20)17-7-13(18)14(19)8-17/h2-6,13-14,18-19H,7-8H2,1H3. The predicted octanol–water partition coefficient (Wildman–Crippen LogP) is 0.721. The van der Waals surface area contributed by atoms with E-state index < -0.39 is 12.2 Å². The third-order valence-corrected chi connectivity index (χ3v) is 3.62. The maximum absolute atomic E-state index is 12.6. The minimum Gasteiger partial charge on any atom is -0.388 e. The molecule has 2 atom stereocenters. The summed E-state index contributed by atoms with van der Waals surface area (Å²) in [6.07, 6.45) is -1.73. The van der Waals surface area contributed by atoms with Gasteiger partial charge in [0.05, 0.1) is 23.3 Å². The van der Waals surface area contributed by atoms with E-state index in [1.165, 1.54) is 4.90 Å². The maximum atomic E-state index is 12.6. The average molecular weight is 272 g/mol. The first-order chi connectivity index (χ1) is 9.56. The summed E-state index contributed by atoms with van der Waals surface area (Å²) in [6, 6.07) is 9.22. The van der Waals surface area contributed by atoms with Gasteiger partial charge in [-0.25, -0.2) is 0 Å². The van der Waals surface area contributed by atoms with Gasteiger partial charge in [-0.2, -0.15) is 0 Å². The molecule has 1 fully saturated rings. The highest BCUT2D eigenvalue weighted by atomic mass is 16.3. The number of benzene rings is 1. The van der Waals surface area contributed by atoms with Crippen molar-refractivity contribution in [2.24, 2.45) is 0 Å². The van der Waals surface area contributed by atoms with Crippen molar-refractivity contribution in [2.45, 2.75) is 19.1 Å². The van der Waals surface area contributed by atoms with E-state index in [0.717, 1.165) is 16.6 Å². The summed E-state index contributed by atoms with van der Waals surface area (Å²) in [7, 11) is 0. The Labute approximate surface area is 116 Å². The lowest BCUT2D eigenvalue weighted by Crippen LogP contribution is -2.30. The highest BCUT2D eigenvalue weighted by Gasteiger charge is 2.33. The number of pyridine rings is 1. The fourth-order valence-electron chi connectivity index (χ4n) is 2.59. The predicted molar refractivity (Wildman–Crippen MR) is 74.4 cm³/mol. The van der Waals surface area contributed by atoms with Crippen molar-refractivity contribution < 1.29 is 15.0 Å². The number of fused-ring (bicyclic) bond motifs is 1. The summed E-state index contributed by atoms with van der Waals surface area (Å²) in [5.74, 6) is -0.178. The van der Waals surface area contributed by atoms with Crippen LogP contribution in [0.2, 0.25) is 0 Å². The van der Waals surface area contributed by atoms with Gasteiger partial charge in [0.2, 0.25) is 0 Å². The molecule has 5 nitrogen and oxygen atoms in total. The van der Waals surface area contributed by atoms with Crippen LogP contribution in [0.4, 0.5) is 0 Å². The lowest BCUT2D eigenvalue weighted by Gasteiger charge is -2.17. The second-order valence-corrected chi connectivity index (χ2v) is 5.17. The van der Waals surface area contributed by atoms with Crippen LogP contribution in [0.3, 0.4) is 0 Å². The van der Waals surface area contributed by atoms with Crippen molar-refractivity contribution in [3.8, 4) is 0 Å². The Kier molecular flexibility index (Phi) is 3.16. The first-order valence-electron chi connectivity index (χ1n) is 6.58. The van der Waals surface area contributed by atoms with Crippen LogP contribution in [0.1, 0.15) is 16.1 Å². The molecule has 2 N–H and O–H groups in total. The minimum absolute atomic E-state index is 0.162. The van der Waals surface area contributed by atoms with Gasteiger partial charge < -0.3 is 15.1 Å². The third kappa shape index (κ3) is 2.15. The average Bonchev–Trinajstić information content (AvgIpc) is 2.77. The summed E-state index contributed by atoms with van der Waals surface area (Å²) in [5, 5.41) is 19.9. The number of aliphatic hydroxyl groups excluding tert-OH is 2. The molecule has 5 heteroatoms. The number of carbonyl (C=O) groups is 1. The van der Waals surface area contributed by atoms with Crippen LogP contribution in [0.15, 0.2) is 30.3 Å². The van der Waals surface area contributed by atoms with Crippen LogP contribution >= 0.6 is 0 Å². The molecule has 0 aliphatic carbocycles. The van der Waals surface area contributed by atoms with Gasteiger partial charge in [0.25, 0.3) is 5.91 Å². The van der Waals surface area contributed by atoms with E-state index in [1.807, 2.05) is 31.2 Å². The van der Waals surface area contributed by atoms with E-state index in [-0.39, 0.29) is 19.0 Å². The van der Waals surface area contributed by atoms with Crippen molar-refractivity contribution in [2.75, 3.05) is 13.1 Å². The van der Waals surface area contributed by atoms with E-state index in [0.29, 0.717) is 5.56 Å². The zero-order valence-electron chi connectivity index (χ0n) is 11.2. The molecule has 3 rings (SSSR count). The molecule has 2 unspecified atom stereocenters.